The largest absolute Gasteiger partial charge is 0.480 e. The minimum Gasteiger partial charge on any atom is -0.480 e. The molecular weight excluding hydrogens is 381 g/mol. The highest BCUT2D eigenvalue weighted by Crippen LogP contribution is 2.23. The van der Waals surface area contributed by atoms with Gasteiger partial charge >= 0.3 is 5.97 Å². The third-order valence-corrected chi connectivity index (χ3v) is 4.79. The summed E-state index contributed by atoms with van der Waals surface area (Å²) in [6, 6.07) is 4.32. The van der Waals surface area contributed by atoms with E-state index in [2.05, 4.69) is 22.6 Å². The van der Waals surface area contributed by atoms with Crippen molar-refractivity contribution in [3.63, 3.8) is 0 Å². The average molecular weight is 394 g/mol. The molecule has 1 N–H and O–H groups in total. The van der Waals surface area contributed by atoms with E-state index in [1.165, 1.54) is 4.90 Å². The van der Waals surface area contributed by atoms with Crippen LogP contribution in [0.5, 0.6) is 0 Å². The number of piperidine rings is 1. The highest BCUT2D eigenvalue weighted by atomic mass is 127. The van der Waals surface area contributed by atoms with Crippen LogP contribution in [0.4, 0.5) is 0 Å². The Morgan fingerprint density at radius 3 is 2.74 bits per heavy atom. The summed E-state index contributed by atoms with van der Waals surface area (Å²) in [6.07, 6.45) is 2.20. The fourth-order valence-electron chi connectivity index (χ4n) is 2.23. The summed E-state index contributed by atoms with van der Waals surface area (Å²) in [5.41, 5.74) is 0.443. The number of halogens is 2. The Morgan fingerprint density at radius 1 is 1.37 bits per heavy atom. The quantitative estimate of drug-likeness (QED) is 0.786. The summed E-state index contributed by atoms with van der Waals surface area (Å²) in [5.74, 6) is -1.20. The molecule has 4 nitrogen and oxygen atoms in total. The van der Waals surface area contributed by atoms with Crippen molar-refractivity contribution in [1.29, 1.82) is 0 Å². The van der Waals surface area contributed by atoms with Crippen molar-refractivity contribution in [2.45, 2.75) is 25.3 Å². The van der Waals surface area contributed by atoms with Gasteiger partial charge in [-0.25, -0.2) is 4.79 Å². The number of carboxylic acids is 1. The minimum absolute atomic E-state index is 0.259. The van der Waals surface area contributed by atoms with Gasteiger partial charge in [0.1, 0.15) is 6.04 Å². The zero-order chi connectivity index (χ0) is 14.0. The van der Waals surface area contributed by atoms with E-state index < -0.39 is 12.0 Å². The number of likely N-dealkylation sites (tertiary alicyclic amines) is 1. The Kier molecular flexibility index (Phi) is 4.67. The molecule has 1 fully saturated rings. The molecule has 1 saturated heterocycles. The Labute approximate surface area is 129 Å². The molecule has 0 bridgehead atoms. The normalized spacial score (nSPS) is 19.3. The van der Waals surface area contributed by atoms with E-state index in [4.69, 9.17) is 11.6 Å². The first-order valence-electron chi connectivity index (χ1n) is 5.99. The number of hydrogen-bond acceptors (Lipinski definition) is 2. The minimum atomic E-state index is -0.940. The van der Waals surface area contributed by atoms with Crippen LogP contribution in [-0.2, 0) is 4.79 Å². The van der Waals surface area contributed by atoms with Gasteiger partial charge < -0.3 is 10.0 Å². The highest BCUT2D eigenvalue weighted by molar-refractivity contribution is 14.1. The van der Waals surface area contributed by atoms with E-state index in [0.29, 0.717) is 23.6 Å². The van der Waals surface area contributed by atoms with Gasteiger partial charge in [-0.15, -0.1) is 0 Å². The molecule has 0 saturated carbocycles. The molecule has 0 radical (unpaired) electrons. The summed E-state index contributed by atoms with van der Waals surface area (Å²) in [6.45, 7) is 0.486. The topological polar surface area (TPSA) is 57.6 Å². The molecule has 1 aliphatic rings. The summed E-state index contributed by atoms with van der Waals surface area (Å²) in [7, 11) is 0. The number of rotatable bonds is 2. The third-order valence-electron chi connectivity index (χ3n) is 3.22. The molecule has 0 unspecified atom stereocenters. The van der Waals surface area contributed by atoms with Crippen molar-refractivity contribution in [1.82, 2.24) is 4.90 Å². The van der Waals surface area contributed by atoms with Gasteiger partial charge in [-0.1, -0.05) is 11.6 Å². The van der Waals surface area contributed by atoms with Gasteiger partial charge in [-0.2, -0.15) is 0 Å². The molecule has 2 rings (SSSR count). The van der Waals surface area contributed by atoms with Crippen LogP contribution < -0.4 is 0 Å². The van der Waals surface area contributed by atoms with E-state index in [0.717, 1.165) is 16.4 Å². The summed E-state index contributed by atoms with van der Waals surface area (Å²) >= 11 is 8.08. The van der Waals surface area contributed by atoms with Crippen LogP contribution in [-0.4, -0.2) is 34.5 Å². The third kappa shape index (κ3) is 3.20. The number of nitrogens with zero attached hydrogens (tertiary/aromatic N) is 1. The maximum atomic E-state index is 12.4. The van der Waals surface area contributed by atoms with Gasteiger partial charge in [0.2, 0.25) is 0 Å². The van der Waals surface area contributed by atoms with Crippen molar-refractivity contribution in [3.05, 3.63) is 32.4 Å². The van der Waals surface area contributed by atoms with Crippen molar-refractivity contribution >= 4 is 46.1 Å². The van der Waals surface area contributed by atoms with E-state index >= 15 is 0 Å². The summed E-state index contributed by atoms with van der Waals surface area (Å²) < 4.78 is 0.865. The van der Waals surface area contributed by atoms with Crippen molar-refractivity contribution < 1.29 is 14.7 Å². The van der Waals surface area contributed by atoms with Crippen LogP contribution in [0.3, 0.4) is 0 Å². The molecule has 1 atom stereocenters. The van der Waals surface area contributed by atoms with Gasteiger partial charge in [0.25, 0.3) is 5.91 Å². The number of benzene rings is 1. The molecule has 19 heavy (non-hydrogen) atoms. The Bertz CT molecular complexity index is 521. The maximum absolute atomic E-state index is 12.4. The van der Waals surface area contributed by atoms with Crippen LogP contribution in [0.15, 0.2) is 18.2 Å². The van der Waals surface area contributed by atoms with E-state index in [-0.39, 0.29) is 5.91 Å². The fraction of sp³-hybridized carbons (Fsp3) is 0.385. The van der Waals surface area contributed by atoms with Crippen LogP contribution >= 0.6 is 34.2 Å². The van der Waals surface area contributed by atoms with Crippen molar-refractivity contribution in [3.8, 4) is 0 Å². The van der Waals surface area contributed by atoms with Gasteiger partial charge in [0.15, 0.2) is 0 Å². The number of amides is 1. The second kappa shape index (κ2) is 6.09. The summed E-state index contributed by atoms with van der Waals surface area (Å²) in [5, 5.41) is 9.69. The van der Waals surface area contributed by atoms with E-state index in [1.807, 2.05) is 0 Å². The second-order valence-corrected chi connectivity index (χ2v) is 6.05. The molecule has 0 aromatic heterocycles. The molecular formula is C13H13ClINO3. The number of carbonyl (C=O) groups is 2. The first-order chi connectivity index (χ1) is 9.00. The lowest BCUT2D eigenvalue weighted by molar-refractivity contribution is -0.143. The zero-order valence-electron chi connectivity index (χ0n) is 10.1. The van der Waals surface area contributed by atoms with Crippen LogP contribution in [0.25, 0.3) is 0 Å². The first kappa shape index (κ1) is 14.6. The lowest BCUT2D eigenvalue weighted by Gasteiger charge is -2.33. The highest BCUT2D eigenvalue weighted by Gasteiger charge is 2.32. The Hall–Kier alpha value is -0.820. The molecule has 1 heterocycles. The molecule has 1 aliphatic heterocycles. The van der Waals surface area contributed by atoms with Gasteiger partial charge in [0.05, 0.1) is 5.02 Å². The van der Waals surface area contributed by atoms with E-state index in [1.54, 1.807) is 18.2 Å². The molecule has 102 valence electrons. The predicted octanol–water partition coefficient (Wildman–Crippen LogP) is 3.02. The smallest absolute Gasteiger partial charge is 0.326 e. The maximum Gasteiger partial charge on any atom is 0.326 e. The van der Waals surface area contributed by atoms with Crippen molar-refractivity contribution in [2.24, 2.45) is 0 Å². The molecule has 6 heteroatoms. The van der Waals surface area contributed by atoms with Gasteiger partial charge in [-0.05, 0) is 60.1 Å². The van der Waals surface area contributed by atoms with Gasteiger partial charge in [-0.3, -0.25) is 4.79 Å². The first-order valence-corrected chi connectivity index (χ1v) is 7.45. The number of carboxylic acid groups (broad SMARTS) is 1. The summed E-state index contributed by atoms with van der Waals surface area (Å²) in [4.78, 5) is 25.0. The zero-order valence-corrected chi connectivity index (χ0v) is 13.0. The SMILES string of the molecule is O=C(O)[C@@H]1CCCCN1C(=O)c1ccc(I)c(Cl)c1. The molecule has 1 aromatic rings. The monoisotopic (exact) mass is 393 g/mol. The number of aliphatic carboxylic acids is 1. The number of carbonyl (C=O) groups excluding carboxylic acids is 1. The van der Waals surface area contributed by atoms with Crippen LogP contribution in [0.1, 0.15) is 29.6 Å². The molecule has 1 amide bonds. The molecule has 0 aliphatic carbocycles. The van der Waals surface area contributed by atoms with E-state index in [9.17, 15) is 14.7 Å². The predicted molar refractivity (Wildman–Crippen MR) is 80.5 cm³/mol. The van der Waals surface area contributed by atoms with Crippen LogP contribution in [0.2, 0.25) is 5.02 Å². The fourth-order valence-corrected chi connectivity index (χ4v) is 2.74. The van der Waals surface area contributed by atoms with Gasteiger partial charge in [0, 0.05) is 15.7 Å². The standard InChI is InChI=1S/C13H13ClINO3/c14-9-7-8(4-5-10(9)15)12(17)16-6-2-1-3-11(16)13(18)19/h4-5,7,11H,1-3,6H2,(H,18,19)/t11-/m0/s1. The Balaban J connectivity index is 2.26. The Morgan fingerprint density at radius 2 is 2.11 bits per heavy atom. The lowest BCUT2D eigenvalue weighted by atomic mass is 10.0. The van der Waals surface area contributed by atoms with Crippen molar-refractivity contribution in [2.75, 3.05) is 6.54 Å². The molecule has 1 aromatic carbocycles. The number of hydrogen-bond donors (Lipinski definition) is 1. The van der Waals surface area contributed by atoms with Crippen LogP contribution in [0, 0.1) is 3.57 Å². The lowest BCUT2D eigenvalue weighted by Crippen LogP contribution is -2.47. The molecule has 0 spiro atoms. The second-order valence-electron chi connectivity index (χ2n) is 4.48. The average Bonchev–Trinajstić information content (AvgIpc) is 2.41.